The maximum Gasteiger partial charge on any atom is 0.362 e. The molecule has 2 atom stereocenters. The van der Waals surface area contributed by atoms with Crippen LogP contribution in [-0.4, -0.2) is 115 Å². The summed E-state index contributed by atoms with van der Waals surface area (Å²) in [5.41, 5.74) is 2.07. The number of aromatic nitrogens is 2. The van der Waals surface area contributed by atoms with Crippen molar-refractivity contribution in [1.82, 2.24) is 29.8 Å². The number of rotatable bonds is 11. The molecule has 0 aliphatic carbocycles. The Morgan fingerprint density at radius 3 is 2.49 bits per heavy atom. The van der Waals surface area contributed by atoms with Crippen LogP contribution in [0, 0.1) is 5.92 Å². The highest BCUT2D eigenvalue weighted by Crippen LogP contribution is 2.25. The average molecular weight is 671 g/mol. The first-order valence-electron chi connectivity index (χ1n) is 12.7. The Kier molecular flexibility index (Phi) is 8.84. The van der Waals surface area contributed by atoms with E-state index in [1.54, 1.807) is 0 Å². The van der Waals surface area contributed by atoms with Gasteiger partial charge in [-0.3, -0.25) is 28.5 Å². The summed E-state index contributed by atoms with van der Waals surface area (Å²) in [4.78, 5) is 86.6. The summed E-state index contributed by atoms with van der Waals surface area (Å²) in [7, 11) is -5.12. The Morgan fingerprint density at radius 1 is 1.27 bits per heavy atom. The maximum atomic E-state index is 13.2. The Hall–Kier alpha value is -5.09. The fourth-order valence-electron chi connectivity index (χ4n) is 4.09. The largest absolute Gasteiger partial charge is 0.503 e. The highest BCUT2D eigenvalue weighted by Gasteiger charge is 2.54. The van der Waals surface area contributed by atoms with Gasteiger partial charge in [-0.25, -0.2) is 14.1 Å². The smallest absolute Gasteiger partial charge is 0.362 e. The van der Waals surface area contributed by atoms with E-state index < -0.39 is 86.9 Å². The minimum Gasteiger partial charge on any atom is -0.503 e. The fraction of sp³-hybridized carbons (Fsp3) is 0.391. The van der Waals surface area contributed by atoms with Gasteiger partial charge in [-0.05, 0) is 13.8 Å². The number of thiazole rings is 1. The van der Waals surface area contributed by atoms with Crippen LogP contribution < -0.4 is 21.8 Å². The minimum absolute atomic E-state index is 0.00784. The van der Waals surface area contributed by atoms with E-state index >= 15 is 0 Å². The second-order valence-electron chi connectivity index (χ2n) is 10.3. The Bertz CT molecular complexity index is 1760. The van der Waals surface area contributed by atoms with Gasteiger partial charge < -0.3 is 41.3 Å². The van der Waals surface area contributed by atoms with Gasteiger partial charge in [0.25, 0.3) is 17.7 Å². The number of nitrogens with zero attached hydrogens (tertiary/aromatic N) is 4. The number of aromatic hydroxyl groups is 1. The topological polar surface area (TPSA) is 304 Å². The molecule has 22 heteroatoms. The zero-order valence-electron chi connectivity index (χ0n) is 23.3. The number of aliphatic carboxylic acids is 1. The van der Waals surface area contributed by atoms with Crippen molar-refractivity contribution in [3.05, 3.63) is 39.3 Å². The third kappa shape index (κ3) is 6.86. The fourth-order valence-corrected chi connectivity index (χ4v) is 5.52. The molecule has 0 aromatic carbocycles. The SMILES string of the molecule is CC(C)(O/N=C(\C(=O)N[C@@H]1C(=O)N(S(=O)(=O)O)[C@@H]1CNC(=O)C1CN(C(=O)c2cc(=O)c(O)c[nH]2)C1)c1csc(N)n1)C(=O)O. The van der Waals surface area contributed by atoms with Gasteiger partial charge in [0.1, 0.15) is 17.4 Å². The van der Waals surface area contributed by atoms with E-state index in [4.69, 9.17) is 10.6 Å². The first-order valence-corrected chi connectivity index (χ1v) is 15.0. The number of β-lactam (4-membered cyclic amide) rings is 1. The lowest BCUT2D eigenvalue weighted by Crippen LogP contribution is -2.75. The summed E-state index contributed by atoms with van der Waals surface area (Å²) in [6.07, 6.45) is 0.945. The number of H-pyrrole nitrogens is 1. The van der Waals surface area contributed by atoms with Crippen molar-refractivity contribution in [2.45, 2.75) is 31.5 Å². The Balaban J connectivity index is 1.43. The standard InChI is InChI=1S/C23H26N8O12S2/c1-23(2,21(38)39)43-29-15(11-8-44-22(24)27-11)18(35)28-16-12(31(20(16)37)45(40,41)42)4-26-17(34)9-6-30(7-9)19(36)10-3-13(32)14(33)5-25-10/h3,5,8-9,12,16,33H,4,6-7H2,1-2H3,(H2,24,27)(H,25,32)(H,26,34)(H,28,35)(H,38,39)(H,40,41,42)/b29-15-/t12-,16+/m1/s1. The maximum absolute atomic E-state index is 13.2. The number of carboxylic acid groups (broad SMARTS) is 1. The summed E-state index contributed by atoms with van der Waals surface area (Å²) in [6.45, 7) is 1.57. The second kappa shape index (κ2) is 12.1. The molecular formula is C23H26N8O12S2. The van der Waals surface area contributed by atoms with Gasteiger partial charge in [0.15, 0.2) is 16.6 Å². The molecule has 2 aromatic heterocycles. The molecule has 0 unspecified atom stereocenters. The first-order chi connectivity index (χ1) is 20.9. The minimum atomic E-state index is -5.12. The van der Waals surface area contributed by atoms with E-state index in [9.17, 15) is 52.0 Å². The average Bonchev–Trinajstić information content (AvgIpc) is 3.34. The molecule has 2 saturated heterocycles. The second-order valence-corrected chi connectivity index (χ2v) is 12.5. The number of carboxylic acids is 1. The molecule has 0 saturated carbocycles. The van der Waals surface area contributed by atoms with Crippen LogP contribution in [0.3, 0.4) is 0 Å². The van der Waals surface area contributed by atoms with Crippen LogP contribution in [0.1, 0.15) is 30.0 Å². The monoisotopic (exact) mass is 670 g/mol. The van der Waals surface area contributed by atoms with Crippen molar-refractivity contribution < 1.29 is 52.0 Å². The molecule has 4 heterocycles. The summed E-state index contributed by atoms with van der Waals surface area (Å²) in [6, 6.07) is -2.21. The zero-order chi connectivity index (χ0) is 33.4. The van der Waals surface area contributed by atoms with Crippen molar-refractivity contribution in [2.24, 2.45) is 11.1 Å². The lowest BCUT2D eigenvalue weighted by atomic mass is 9.96. The molecule has 0 radical (unpaired) electrons. The van der Waals surface area contributed by atoms with Crippen LogP contribution in [0.5, 0.6) is 5.75 Å². The number of nitrogens with two attached hydrogens (primary N) is 1. The van der Waals surface area contributed by atoms with E-state index in [1.807, 2.05) is 0 Å². The lowest BCUT2D eigenvalue weighted by Gasteiger charge is -2.44. The number of anilines is 1. The third-order valence-electron chi connectivity index (χ3n) is 6.71. The predicted octanol–water partition coefficient (Wildman–Crippen LogP) is -2.91. The summed E-state index contributed by atoms with van der Waals surface area (Å²) in [5, 5.41) is 28.1. The number of amides is 4. The zero-order valence-corrected chi connectivity index (χ0v) is 24.9. The van der Waals surface area contributed by atoms with Crippen LogP contribution in [-0.2, 0) is 34.3 Å². The normalized spacial score (nSPS) is 18.9. The van der Waals surface area contributed by atoms with Crippen molar-refractivity contribution >= 4 is 62.1 Å². The molecule has 2 fully saturated rings. The highest BCUT2D eigenvalue weighted by molar-refractivity contribution is 7.84. The summed E-state index contributed by atoms with van der Waals surface area (Å²) in [5.74, 6) is -6.43. The van der Waals surface area contributed by atoms with Crippen molar-refractivity contribution in [3.8, 4) is 5.75 Å². The van der Waals surface area contributed by atoms with Crippen molar-refractivity contribution in [2.75, 3.05) is 25.4 Å². The molecule has 8 N–H and O–H groups in total. The molecule has 2 aromatic rings. The number of hydrogen-bond donors (Lipinski definition) is 7. The van der Waals surface area contributed by atoms with Gasteiger partial charge in [0.05, 0.1) is 12.0 Å². The van der Waals surface area contributed by atoms with Crippen molar-refractivity contribution in [3.63, 3.8) is 0 Å². The number of aromatic amines is 1. The number of hydrogen-bond acceptors (Lipinski definition) is 14. The van der Waals surface area contributed by atoms with Gasteiger partial charge in [-0.2, -0.15) is 8.42 Å². The Morgan fingerprint density at radius 2 is 1.93 bits per heavy atom. The van der Waals surface area contributed by atoms with Gasteiger partial charge in [0.2, 0.25) is 16.9 Å². The molecule has 45 heavy (non-hydrogen) atoms. The molecule has 2 aliphatic heterocycles. The third-order valence-corrected chi connectivity index (χ3v) is 8.33. The molecule has 2 aliphatic rings. The van der Waals surface area contributed by atoms with E-state index in [2.05, 4.69) is 25.8 Å². The van der Waals surface area contributed by atoms with E-state index in [1.165, 1.54) is 10.3 Å². The Labute approximate surface area is 256 Å². The molecule has 242 valence electrons. The highest BCUT2D eigenvalue weighted by atomic mass is 32.2. The van der Waals surface area contributed by atoms with Gasteiger partial charge >= 0.3 is 16.3 Å². The number of nitrogens with one attached hydrogen (secondary N) is 3. The number of carbonyl (C=O) groups is 5. The van der Waals surface area contributed by atoms with Crippen LogP contribution in [0.4, 0.5) is 5.13 Å². The molecular weight excluding hydrogens is 644 g/mol. The van der Waals surface area contributed by atoms with Gasteiger partial charge in [0, 0.05) is 37.3 Å². The summed E-state index contributed by atoms with van der Waals surface area (Å²) >= 11 is 0.905. The molecule has 0 bridgehead atoms. The van der Waals surface area contributed by atoms with Crippen LogP contribution in [0.2, 0.25) is 0 Å². The van der Waals surface area contributed by atoms with E-state index in [0.717, 1.165) is 37.4 Å². The molecule has 4 amide bonds. The predicted molar refractivity (Wildman–Crippen MR) is 151 cm³/mol. The van der Waals surface area contributed by atoms with E-state index in [0.29, 0.717) is 0 Å². The molecule has 0 spiro atoms. The van der Waals surface area contributed by atoms with Gasteiger partial charge in [-0.1, -0.05) is 5.16 Å². The van der Waals surface area contributed by atoms with Gasteiger partial charge in [-0.15, -0.1) is 11.3 Å². The number of oxime groups is 1. The number of likely N-dealkylation sites (tertiary alicyclic amines) is 1. The van der Waals surface area contributed by atoms with E-state index in [-0.39, 0.29) is 33.9 Å². The van der Waals surface area contributed by atoms with Crippen LogP contribution >= 0.6 is 11.3 Å². The van der Waals surface area contributed by atoms with Crippen LogP contribution in [0.15, 0.2) is 27.6 Å². The van der Waals surface area contributed by atoms with Crippen LogP contribution in [0.25, 0.3) is 0 Å². The number of carbonyl (C=O) groups excluding carboxylic acids is 4. The summed E-state index contributed by atoms with van der Waals surface area (Å²) < 4.78 is 33.4. The number of pyridine rings is 1. The lowest BCUT2D eigenvalue weighted by molar-refractivity contribution is -0.161. The van der Waals surface area contributed by atoms with Crippen molar-refractivity contribution in [1.29, 1.82) is 0 Å². The first kappa shape index (κ1) is 32.8. The quantitative estimate of drug-likeness (QED) is 0.0546. The molecule has 20 nitrogen and oxygen atoms in total. The number of nitrogen functional groups attached to an aromatic ring is 1. The molecule has 4 rings (SSSR count).